The molecule has 0 aliphatic heterocycles. The molecule has 4 rings (SSSR count). The lowest BCUT2D eigenvalue weighted by molar-refractivity contribution is 0.414. The first-order valence-corrected chi connectivity index (χ1v) is 12.6. The van der Waals surface area contributed by atoms with Crippen molar-refractivity contribution < 1.29 is 4.74 Å². The van der Waals surface area contributed by atoms with Crippen molar-refractivity contribution in [2.24, 2.45) is 0 Å². The number of methoxy groups -OCH3 is 1. The molecule has 0 radical (unpaired) electrons. The highest BCUT2D eigenvalue weighted by Crippen LogP contribution is 2.57. The predicted octanol–water partition coefficient (Wildman–Crippen LogP) is 8.96. The van der Waals surface area contributed by atoms with Crippen LogP contribution in [-0.4, -0.2) is 7.11 Å². The second-order valence-corrected chi connectivity index (χ2v) is 11.3. The first-order valence-electron chi connectivity index (χ1n) is 12.6. The van der Waals surface area contributed by atoms with Gasteiger partial charge in [0.15, 0.2) is 0 Å². The number of allylic oxidation sites excluding steroid dienone is 1. The summed E-state index contributed by atoms with van der Waals surface area (Å²) in [6.07, 6.45) is 2.19. The molecule has 34 heavy (non-hydrogen) atoms. The molecule has 0 bridgehead atoms. The van der Waals surface area contributed by atoms with Crippen LogP contribution < -0.4 is 4.74 Å². The Morgan fingerprint density at radius 3 is 1.56 bits per heavy atom. The molecule has 3 aromatic carbocycles. The van der Waals surface area contributed by atoms with E-state index in [0.717, 1.165) is 24.2 Å². The minimum absolute atomic E-state index is 0.111. The van der Waals surface area contributed by atoms with Gasteiger partial charge in [0.05, 0.1) is 12.5 Å². The van der Waals surface area contributed by atoms with Crippen LogP contribution in [0.4, 0.5) is 0 Å². The molecule has 1 aliphatic rings. The van der Waals surface area contributed by atoms with E-state index in [1.807, 2.05) is 0 Å². The summed E-state index contributed by atoms with van der Waals surface area (Å²) in [7, 11) is 1.72. The van der Waals surface area contributed by atoms with Gasteiger partial charge in [0.1, 0.15) is 5.75 Å². The molecule has 1 nitrogen and oxygen atoms in total. The lowest BCUT2D eigenvalue weighted by Crippen LogP contribution is -2.29. The predicted molar refractivity (Wildman–Crippen MR) is 146 cm³/mol. The van der Waals surface area contributed by atoms with Crippen LogP contribution in [0.5, 0.6) is 5.75 Å². The van der Waals surface area contributed by atoms with Crippen molar-refractivity contribution in [3.63, 3.8) is 0 Å². The Morgan fingerprint density at radius 1 is 0.765 bits per heavy atom. The van der Waals surface area contributed by atoms with E-state index < -0.39 is 5.41 Å². The lowest BCUT2D eigenvalue weighted by Gasteiger charge is -2.36. The summed E-state index contributed by atoms with van der Waals surface area (Å²) in [5.41, 5.74) is 10.3. The Morgan fingerprint density at radius 2 is 1.21 bits per heavy atom. The Hall–Kier alpha value is -2.80. The van der Waals surface area contributed by atoms with E-state index in [2.05, 4.69) is 116 Å². The van der Waals surface area contributed by atoms with Crippen molar-refractivity contribution in [1.82, 2.24) is 0 Å². The number of ether oxygens (including phenoxy) is 1. The molecule has 0 heterocycles. The summed E-state index contributed by atoms with van der Waals surface area (Å²) in [5, 5.41) is 0. The van der Waals surface area contributed by atoms with Gasteiger partial charge < -0.3 is 4.74 Å². The van der Waals surface area contributed by atoms with E-state index in [0.29, 0.717) is 0 Å². The molecular weight excluding hydrogens is 412 g/mol. The van der Waals surface area contributed by atoms with E-state index in [1.54, 1.807) is 7.11 Å². The van der Waals surface area contributed by atoms with E-state index in [9.17, 15) is 0 Å². The molecule has 0 atom stereocenters. The highest BCUT2D eigenvalue weighted by Gasteiger charge is 2.46. The summed E-state index contributed by atoms with van der Waals surface area (Å²) < 4.78 is 5.50. The van der Waals surface area contributed by atoms with Gasteiger partial charge in [0, 0.05) is 0 Å². The van der Waals surface area contributed by atoms with Gasteiger partial charge in [0.25, 0.3) is 0 Å². The maximum atomic E-state index is 5.50. The maximum Gasteiger partial charge on any atom is 0.118 e. The summed E-state index contributed by atoms with van der Waals surface area (Å²) in [5.74, 6) is 0.876. The van der Waals surface area contributed by atoms with Gasteiger partial charge in [-0.15, -0.1) is 0 Å². The largest absolute Gasteiger partial charge is 0.497 e. The fourth-order valence-corrected chi connectivity index (χ4v) is 5.43. The first-order chi connectivity index (χ1) is 16.0. The van der Waals surface area contributed by atoms with Gasteiger partial charge in [-0.1, -0.05) is 102 Å². The molecule has 0 N–H and O–H groups in total. The van der Waals surface area contributed by atoms with Crippen LogP contribution in [0.3, 0.4) is 0 Å². The van der Waals surface area contributed by atoms with Crippen LogP contribution in [0.15, 0.2) is 72.8 Å². The normalized spacial score (nSPS) is 14.5. The SMILES string of the molecule is C=C(C)C1(c2ccc(OC)cc2)c2cc(C(C)(C)CC)ccc2-c2ccc(C(C)(C)CC)cc21. The highest BCUT2D eigenvalue weighted by molar-refractivity contribution is 5.86. The smallest absolute Gasteiger partial charge is 0.118 e. The minimum atomic E-state index is -0.392. The zero-order valence-electron chi connectivity index (χ0n) is 22.3. The molecular formula is C33H40O. The van der Waals surface area contributed by atoms with E-state index >= 15 is 0 Å². The topological polar surface area (TPSA) is 9.23 Å². The highest BCUT2D eigenvalue weighted by atomic mass is 16.5. The number of fused-ring (bicyclic) bond motifs is 3. The Balaban J connectivity index is 2.10. The van der Waals surface area contributed by atoms with Crippen LogP contribution >= 0.6 is 0 Å². The quantitative estimate of drug-likeness (QED) is 0.325. The van der Waals surface area contributed by atoms with Gasteiger partial charge in [-0.05, 0) is 81.7 Å². The molecule has 1 aliphatic carbocycles. The fraction of sp³-hybridized carbons (Fsp3) is 0.394. The van der Waals surface area contributed by atoms with Crippen LogP contribution in [0.25, 0.3) is 11.1 Å². The zero-order chi connectivity index (χ0) is 24.9. The average molecular weight is 453 g/mol. The summed E-state index contributed by atoms with van der Waals surface area (Å²) >= 11 is 0. The van der Waals surface area contributed by atoms with E-state index in [-0.39, 0.29) is 10.8 Å². The molecule has 0 spiro atoms. The van der Waals surface area contributed by atoms with Gasteiger partial charge in [-0.3, -0.25) is 0 Å². The van der Waals surface area contributed by atoms with Crippen LogP contribution in [0, 0.1) is 0 Å². The Labute approximate surface area is 206 Å². The summed E-state index contributed by atoms with van der Waals surface area (Å²) in [6, 6.07) is 22.9. The van der Waals surface area contributed by atoms with E-state index in [1.165, 1.54) is 38.9 Å². The zero-order valence-corrected chi connectivity index (χ0v) is 22.3. The van der Waals surface area contributed by atoms with Crippen molar-refractivity contribution in [2.45, 2.75) is 77.6 Å². The average Bonchev–Trinajstić information content (AvgIpc) is 3.14. The number of hydrogen-bond donors (Lipinski definition) is 0. The molecule has 0 saturated heterocycles. The monoisotopic (exact) mass is 452 g/mol. The van der Waals surface area contributed by atoms with Crippen LogP contribution in [0.2, 0.25) is 0 Å². The molecule has 178 valence electrons. The lowest BCUT2D eigenvalue weighted by atomic mass is 9.66. The Kier molecular flexibility index (Phi) is 6.05. The molecule has 0 unspecified atom stereocenters. The minimum Gasteiger partial charge on any atom is -0.497 e. The molecule has 0 amide bonds. The van der Waals surface area contributed by atoms with Crippen molar-refractivity contribution in [2.75, 3.05) is 7.11 Å². The van der Waals surface area contributed by atoms with Crippen molar-refractivity contribution in [3.8, 4) is 16.9 Å². The maximum absolute atomic E-state index is 5.50. The summed E-state index contributed by atoms with van der Waals surface area (Å²) in [6.45, 7) is 20.7. The third kappa shape index (κ3) is 3.52. The van der Waals surface area contributed by atoms with Crippen LogP contribution in [0.1, 0.15) is 89.1 Å². The first kappa shape index (κ1) is 24.3. The van der Waals surface area contributed by atoms with Gasteiger partial charge in [-0.2, -0.15) is 0 Å². The second kappa shape index (κ2) is 8.45. The third-order valence-electron chi connectivity index (χ3n) is 8.63. The number of benzene rings is 3. The summed E-state index contributed by atoms with van der Waals surface area (Å²) in [4.78, 5) is 0. The molecule has 0 saturated carbocycles. The van der Waals surface area contributed by atoms with Crippen molar-refractivity contribution >= 4 is 0 Å². The third-order valence-corrected chi connectivity index (χ3v) is 8.63. The van der Waals surface area contributed by atoms with E-state index in [4.69, 9.17) is 4.74 Å². The molecule has 3 aromatic rings. The van der Waals surface area contributed by atoms with Gasteiger partial charge in [0.2, 0.25) is 0 Å². The number of hydrogen-bond acceptors (Lipinski definition) is 1. The standard InChI is InChI=1S/C33H40O/c1-10-31(5,6)24-14-18-27-28-19-15-25(32(7,8)11-2)21-30(28)33(22(3)4,29(27)20-24)23-12-16-26(34-9)17-13-23/h12-21H,3,10-11H2,1-2,4-9H3. The van der Waals surface area contributed by atoms with Gasteiger partial charge in [-0.25, -0.2) is 0 Å². The fourth-order valence-electron chi connectivity index (χ4n) is 5.43. The van der Waals surface area contributed by atoms with Crippen LogP contribution in [-0.2, 0) is 16.2 Å². The molecule has 0 fully saturated rings. The Bertz CT molecular complexity index is 1160. The van der Waals surface area contributed by atoms with Crippen molar-refractivity contribution in [3.05, 3.63) is 101 Å². The molecule has 0 aromatic heterocycles. The number of rotatable bonds is 7. The second-order valence-electron chi connectivity index (χ2n) is 11.3. The van der Waals surface area contributed by atoms with Crippen molar-refractivity contribution in [1.29, 1.82) is 0 Å². The molecule has 1 heteroatoms. The van der Waals surface area contributed by atoms with Gasteiger partial charge >= 0.3 is 0 Å².